The number of urea groups is 1. The molecule has 18 heteroatoms. The number of rotatable bonds is 19. The number of ether oxygens (including phenoxy) is 2. The SMILES string of the molecule is CC(C)[C@H](NC(=O)CCCCN1C(=O)C=CC1=O)C(=O)N[C@@H](CCCNC(N)=O)C(=O)Nc1ccc(COC(=O)Oc2ccc([N+](=O)[O-])cc2)cc1. The van der Waals surface area contributed by atoms with Gasteiger partial charge in [0.25, 0.3) is 17.5 Å². The van der Waals surface area contributed by atoms with Crippen molar-refractivity contribution >= 4 is 53.1 Å². The molecule has 0 spiro atoms. The number of nitrogens with two attached hydrogens (primary N) is 1. The summed E-state index contributed by atoms with van der Waals surface area (Å²) in [6.07, 6.45) is 2.55. The average molecular weight is 724 g/mol. The molecule has 2 aromatic rings. The molecule has 0 saturated heterocycles. The number of nitrogens with one attached hydrogen (secondary N) is 4. The van der Waals surface area contributed by atoms with Crippen molar-refractivity contribution in [1.29, 1.82) is 0 Å². The quantitative estimate of drug-likeness (QED) is 0.0351. The number of primary amides is 1. The van der Waals surface area contributed by atoms with Crippen LogP contribution in [0, 0.1) is 16.0 Å². The highest BCUT2D eigenvalue weighted by molar-refractivity contribution is 6.12. The molecule has 2 atom stereocenters. The van der Waals surface area contributed by atoms with Crippen molar-refractivity contribution in [1.82, 2.24) is 20.9 Å². The molecular weight excluding hydrogens is 682 g/mol. The number of nitro benzene ring substituents is 1. The Morgan fingerprint density at radius 3 is 2.13 bits per heavy atom. The summed E-state index contributed by atoms with van der Waals surface area (Å²) >= 11 is 0. The van der Waals surface area contributed by atoms with Crippen LogP contribution in [-0.2, 0) is 35.3 Å². The van der Waals surface area contributed by atoms with E-state index < -0.39 is 58.7 Å². The second-order valence-corrected chi connectivity index (χ2v) is 12.0. The maximum atomic E-state index is 13.4. The van der Waals surface area contributed by atoms with Gasteiger partial charge in [-0.2, -0.15) is 0 Å². The number of unbranched alkanes of at least 4 members (excludes halogenated alkanes) is 1. The summed E-state index contributed by atoms with van der Waals surface area (Å²) in [6, 6.07) is 8.35. The molecule has 3 rings (SSSR count). The Balaban J connectivity index is 1.54. The van der Waals surface area contributed by atoms with Gasteiger partial charge in [0.1, 0.15) is 24.4 Å². The van der Waals surface area contributed by atoms with E-state index in [0.717, 1.165) is 4.90 Å². The summed E-state index contributed by atoms with van der Waals surface area (Å²) in [5.41, 5.74) is 5.87. The van der Waals surface area contributed by atoms with Gasteiger partial charge in [0.2, 0.25) is 17.7 Å². The average Bonchev–Trinajstić information content (AvgIpc) is 3.42. The first-order valence-corrected chi connectivity index (χ1v) is 16.4. The number of nitrogens with zero attached hydrogens (tertiary/aromatic N) is 2. The molecule has 0 aliphatic carbocycles. The summed E-state index contributed by atoms with van der Waals surface area (Å²) < 4.78 is 10.1. The molecule has 6 N–H and O–H groups in total. The standard InChI is InChI=1S/C34H41N7O11/c1-21(2)30(39-27(42)7-3-4-19-40-28(43)16-17-29(40)44)32(46)38-26(6-5-18-36-33(35)47)31(45)37-23-10-8-22(9-11-23)20-51-34(48)52-25-14-12-24(13-15-25)41(49)50/h8-17,21,26,30H,3-7,18-20H2,1-2H3,(H,37,45)(H,38,46)(H,39,42)(H3,35,36,47)/t26-,30-/m0/s1. The Labute approximate surface area is 298 Å². The third-order valence-corrected chi connectivity index (χ3v) is 7.63. The number of nitro groups is 1. The molecule has 52 heavy (non-hydrogen) atoms. The Bertz CT molecular complexity index is 1640. The van der Waals surface area contributed by atoms with Crippen molar-refractivity contribution < 1.29 is 48.0 Å². The van der Waals surface area contributed by atoms with Crippen LogP contribution in [0.5, 0.6) is 5.75 Å². The summed E-state index contributed by atoms with van der Waals surface area (Å²) in [7, 11) is 0. The molecule has 0 saturated carbocycles. The topological polar surface area (TPSA) is 258 Å². The zero-order valence-electron chi connectivity index (χ0n) is 28.6. The monoisotopic (exact) mass is 723 g/mol. The Morgan fingerprint density at radius 2 is 1.54 bits per heavy atom. The van der Waals surface area contributed by atoms with Crippen molar-refractivity contribution in [2.75, 3.05) is 18.4 Å². The molecule has 0 bridgehead atoms. The van der Waals surface area contributed by atoms with E-state index in [1.807, 2.05) is 0 Å². The summed E-state index contributed by atoms with van der Waals surface area (Å²) in [5, 5.41) is 21.3. The molecule has 1 aliphatic heterocycles. The fraction of sp³-hybridized carbons (Fsp3) is 0.382. The lowest BCUT2D eigenvalue weighted by molar-refractivity contribution is -0.384. The zero-order valence-corrected chi connectivity index (χ0v) is 28.6. The van der Waals surface area contributed by atoms with Gasteiger partial charge in [0.05, 0.1) is 4.92 Å². The van der Waals surface area contributed by atoms with E-state index in [2.05, 4.69) is 21.3 Å². The second kappa shape index (κ2) is 19.8. The normalized spacial score (nSPS) is 13.2. The van der Waals surface area contributed by atoms with E-state index in [0.29, 0.717) is 24.1 Å². The molecule has 18 nitrogen and oxygen atoms in total. The lowest BCUT2D eigenvalue weighted by Crippen LogP contribution is -2.54. The van der Waals surface area contributed by atoms with Crippen molar-refractivity contribution in [3.8, 4) is 5.75 Å². The Morgan fingerprint density at radius 1 is 0.885 bits per heavy atom. The van der Waals surface area contributed by atoms with E-state index in [-0.39, 0.29) is 56.3 Å². The van der Waals surface area contributed by atoms with Gasteiger partial charge in [-0.05, 0) is 61.4 Å². The van der Waals surface area contributed by atoms with Gasteiger partial charge in [0, 0.05) is 49.5 Å². The van der Waals surface area contributed by atoms with Crippen molar-refractivity contribution in [3.63, 3.8) is 0 Å². The number of hydrogen-bond donors (Lipinski definition) is 5. The number of non-ortho nitro benzene ring substituents is 1. The van der Waals surface area contributed by atoms with Crippen LogP contribution in [0.15, 0.2) is 60.7 Å². The predicted molar refractivity (Wildman–Crippen MR) is 184 cm³/mol. The molecule has 0 radical (unpaired) electrons. The summed E-state index contributed by atoms with van der Waals surface area (Å²) in [5.74, 6) is -2.68. The van der Waals surface area contributed by atoms with E-state index in [1.165, 1.54) is 36.4 Å². The maximum Gasteiger partial charge on any atom is 0.514 e. The molecule has 278 valence electrons. The third kappa shape index (κ3) is 13.2. The van der Waals surface area contributed by atoms with Crippen LogP contribution >= 0.6 is 0 Å². The van der Waals surface area contributed by atoms with Crippen LogP contribution in [-0.4, -0.2) is 76.7 Å². The Kier molecular flexibility index (Phi) is 15.2. The van der Waals surface area contributed by atoms with Crippen LogP contribution < -0.4 is 31.7 Å². The van der Waals surface area contributed by atoms with Crippen LogP contribution in [0.25, 0.3) is 0 Å². The third-order valence-electron chi connectivity index (χ3n) is 7.63. The summed E-state index contributed by atoms with van der Waals surface area (Å²) in [4.78, 5) is 97.2. The Hall–Kier alpha value is -6.33. The second-order valence-electron chi connectivity index (χ2n) is 12.0. The number of imide groups is 1. The van der Waals surface area contributed by atoms with Crippen LogP contribution in [0.3, 0.4) is 0 Å². The van der Waals surface area contributed by atoms with Gasteiger partial charge in [0.15, 0.2) is 0 Å². The molecule has 7 amide bonds. The number of carbonyl (C=O) groups is 7. The molecule has 0 aromatic heterocycles. The van der Waals surface area contributed by atoms with Gasteiger partial charge in [-0.15, -0.1) is 0 Å². The highest BCUT2D eigenvalue weighted by atomic mass is 16.7. The minimum absolute atomic E-state index is 0.0465. The lowest BCUT2D eigenvalue weighted by Gasteiger charge is -2.25. The molecule has 0 unspecified atom stereocenters. The molecule has 1 heterocycles. The first-order chi connectivity index (χ1) is 24.7. The minimum Gasteiger partial charge on any atom is -0.429 e. The summed E-state index contributed by atoms with van der Waals surface area (Å²) in [6.45, 7) is 3.60. The van der Waals surface area contributed by atoms with E-state index in [9.17, 15) is 43.7 Å². The predicted octanol–water partition coefficient (Wildman–Crippen LogP) is 2.42. The number of anilines is 1. The van der Waals surface area contributed by atoms with Gasteiger partial charge < -0.3 is 36.5 Å². The van der Waals surface area contributed by atoms with Crippen LogP contribution in [0.4, 0.5) is 21.0 Å². The first kappa shape index (κ1) is 40.1. The van der Waals surface area contributed by atoms with Crippen LogP contribution in [0.2, 0.25) is 0 Å². The number of amides is 7. The van der Waals surface area contributed by atoms with Crippen molar-refractivity contribution in [2.45, 2.75) is 64.6 Å². The van der Waals surface area contributed by atoms with Gasteiger partial charge in [-0.1, -0.05) is 26.0 Å². The van der Waals surface area contributed by atoms with E-state index >= 15 is 0 Å². The first-order valence-electron chi connectivity index (χ1n) is 16.4. The van der Waals surface area contributed by atoms with E-state index in [1.54, 1.807) is 38.1 Å². The molecule has 2 aromatic carbocycles. The maximum absolute atomic E-state index is 13.4. The minimum atomic E-state index is -1.07. The number of benzene rings is 2. The highest BCUT2D eigenvalue weighted by Crippen LogP contribution is 2.18. The smallest absolute Gasteiger partial charge is 0.429 e. The molecule has 1 aliphatic rings. The molecule has 0 fully saturated rings. The van der Waals surface area contributed by atoms with Gasteiger partial charge >= 0.3 is 12.2 Å². The highest BCUT2D eigenvalue weighted by Gasteiger charge is 2.29. The number of hydrogen-bond acceptors (Lipinski definition) is 11. The van der Waals surface area contributed by atoms with Gasteiger partial charge in [-0.3, -0.25) is 39.0 Å². The number of carbonyl (C=O) groups excluding carboxylic acids is 7. The van der Waals surface area contributed by atoms with Gasteiger partial charge in [-0.25, -0.2) is 9.59 Å². The van der Waals surface area contributed by atoms with Crippen molar-refractivity contribution in [2.24, 2.45) is 11.7 Å². The largest absolute Gasteiger partial charge is 0.514 e. The fourth-order valence-corrected chi connectivity index (χ4v) is 4.85. The van der Waals surface area contributed by atoms with Crippen molar-refractivity contribution in [3.05, 3.63) is 76.4 Å². The zero-order chi connectivity index (χ0) is 38.2. The molecular formula is C34H41N7O11. The van der Waals surface area contributed by atoms with E-state index in [4.69, 9.17) is 15.2 Å². The lowest BCUT2D eigenvalue weighted by atomic mass is 10.0. The van der Waals surface area contributed by atoms with Crippen LogP contribution in [0.1, 0.15) is 51.5 Å². The fourth-order valence-electron chi connectivity index (χ4n) is 4.85.